The second-order valence-electron chi connectivity index (χ2n) is 4.17. The third-order valence-corrected chi connectivity index (χ3v) is 2.98. The molecule has 0 aliphatic carbocycles. The maximum Gasteiger partial charge on any atom is 0.0860 e. The number of rotatable bonds is 4. The molecule has 2 N–H and O–H groups in total. The summed E-state index contributed by atoms with van der Waals surface area (Å²) in [6, 6.07) is 0. The molecule has 72 valence electrons. The molecule has 1 unspecified atom stereocenters. The molecule has 3 heteroatoms. The minimum absolute atomic E-state index is 0.154. The van der Waals surface area contributed by atoms with Crippen molar-refractivity contribution >= 4 is 0 Å². The molecule has 0 amide bonds. The number of nitrogens with two attached hydrogens (primary N) is 1. The van der Waals surface area contributed by atoms with Gasteiger partial charge in [-0.2, -0.15) is 0 Å². The number of likely N-dealkylation sites (tertiary alicyclic amines) is 1. The van der Waals surface area contributed by atoms with Crippen LogP contribution < -0.4 is 5.90 Å². The lowest BCUT2D eigenvalue weighted by molar-refractivity contribution is -0.0553. The lowest BCUT2D eigenvalue weighted by atomic mass is 9.89. The average Bonchev–Trinajstić information content (AvgIpc) is 1.99. The van der Waals surface area contributed by atoms with E-state index in [2.05, 4.69) is 25.7 Å². The van der Waals surface area contributed by atoms with Crippen molar-refractivity contribution in [2.24, 2.45) is 11.8 Å². The first kappa shape index (κ1) is 9.96. The Hall–Kier alpha value is -0.120. The number of hydrogen-bond acceptors (Lipinski definition) is 3. The van der Waals surface area contributed by atoms with E-state index in [4.69, 9.17) is 10.7 Å². The van der Waals surface area contributed by atoms with Crippen LogP contribution in [0.2, 0.25) is 0 Å². The Labute approximate surface area is 74.8 Å². The quantitative estimate of drug-likeness (QED) is 0.643. The van der Waals surface area contributed by atoms with E-state index in [0.29, 0.717) is 6.61 Å². The van der Waals surface area contributed by atoms with Gasteiger partial charge in [-0.05, 0) is 19.3 Å². The van der Waals surface area contributed by atoms with Crippen LogP contribution in [0, 0.1) is 5.92 Å². The van der Waals surface area contributed by atoms with Crippen LogP contribution in [0.1, 0.15) is 27.2 Å². The molecule has 1 aliphatic heterocycles. The van der Waals surface area contributed by atoms with E-state index in [1.165, 1.54) is 13.1 Å². The van der Waals surface area contributed by atoms with Crippen molar-refractivity contribution in [3.63, 3.8) is 0 Å². The summed E-state index contributed by atoms with van der Waals surface area (Å²) in [7, 11) is 0. The molecular formula is C9H20N2O. The standard InChI is InChI=1S/C9H20N2O/c1-4-9(3,7-12-10)11-5-8(2)6-11/h8H,4-7,10H2,1-3H3. The summed E-state index contributed by atoms with van der Waals surface area (Å²) in [6.45, 7) is 9.68. The van der Waals surface area contributed by atoms with Gasteiger partial charge >= 0.3 is 0 Å². The monoisotopic (exact) mass is 172 g/mol. The van der Waals surface area contributed by atoms with Gasteiger partial charge in [0.2, 0.25) is 0 Å². The normalized spacial score (nSPS) is 25.0. The van der Waals surface area contributed by atoms with Crippen LogP contribution in [-0.4, -0.2) is 30.1 Å². The van der Waals surface area contributed by atoms with E-state index in [-0.39, 0.29) is 5.54 Å². The van der Waals surface area contributed by atoms with E-state index in [0.717, 1.165) is 12.3 Å². The van der Waals surface area contributed by atoms with Crippen molar-refractivity contribution < 1.29 is 4.84 Å². The predicted octanol–water partition coefficient (Wildman–Crippen LogP) is 0.997. The maximum absolute atomic E-state index is 5.11. The molecule has 0 bridgehead atoms. The highest BCUT2D eigenvalue weighted by molar-refractivity contribution is 4.91. The van der Waals surface area contributed by atoms with Crippen LogP contribution >= 0.6 is 0 Å². The molecule has 0 aromatic heterocycles. The van der Waals surface area contributed by atoms with E-state index in [9.17, 15) is 0 Å². The van der Waals surface area contributed by atoms with Crippen molar-refractivity contribution in [2.75, 3.05) is 19.7 Å². The zero-order valence-electron chi connectivity index (χ0n) is 8.34. The van der Waals surface area contributed by atoms with E-state index in [1.807, 2.05) is 0 Å². The fraction of sp³-hybridized carbons (Fsp3) is 1.00. The van der Waals surface area contributed by atoms with Gasteiger partial charge in [0.25, 0.3) is 0 Å². The molecule has 0 radical (unpaired) electrons. The Bertz CT molecular complexity index is 145. The van der Waals surface area contributed by atoms with Gasteiger partial charge < -0.3 is 4.84 Å². The van der Waals surface area contributed by atoms with E-state index in [1.54, 1.807) is 0 Å². The molecule has 1 saturated heterocycles. The molecule has 1 aliphatic rings. The maximum atomic E-state index is 5.11. The van der Waals surface area contributed by atoms with Crippen LogP contribution in [-0.2, 0) is 4.84 Å². The van der Waals surface area contributed by atoms with Gasteiger partial charge in [0.15, 0.2) is 0 Å². The predicted molar refractivity (Wildman–Crippen MR) is 49.6 cm³/mol. The topological polar surface area (TPSA) is 38.5 Å². The minimum atomic E-state index is 0.154. The highest BCUT2D eigenvalue weighted by Crippen LogP contribution is 2.28. The first-order chi connectivity index (χ1) is 5.62. The smallest absolute Gasteiger partial charge is 0.0860 e. The summed E-state index contributed by atoms with van der Waals surface area (Å²) in [4.78, 5) is 7.20. The molecule has 1 atom stereocenters. The largest absolute Gasteiger partial charge is 0.303 e. The Balaban J connectivity index is 2.43. The lowest BCUT2D eigenvalue weighted by Crippen LogP contribution is -2.59. The molecule has 0 spiro atoms. The van der Waals surface area contributed by atoms with Gasteiger partial charge in [-0.15, -0.1) is 0 Å². The highest BCUT2D eigenvalue weighted by atomic mass is 16.6. The molecule has 12 heavy (non-hydrogen) atoms. The van der Waals surface area contributed by atoms with Crippen LogP contribution in [0.4, 0.5) is 0 Å². The van der Waals surface area contributed by atoms with Gasteiger partial charge in [-0.3, -0.25) is 4.90 Å². The van der Waals surface area contributed by atoms with E-state index >= 15 is 0 Å². The first-order valence-electron chi connectivity index (χ1n) is 4.69. The molecule has 0 aromatic carbocycles. The molecule has 1 fully saturated rings. The molecule has 1 heterocycles. The minimum Gasteiger partial charge on any atom is -0.303 e. The summed E-state index contributed by atoms with van der Waals surface area (Å²) >= 11 is 0. The summed E-state index contributed by atoms with van der Waals surface area (Å²) in [5, 5.41) is 0. The fourth-order valence-electron chi connectivity index (χ4n) is 1.74. The Morgan fingerprint density at radius 2 is 2.17 bits per heavy atom. The molecular weight excluding hydrogens is 152 g/mol. The van der Waals surface area contributed by atoms with Gasteiger partial charge in [0.05, 0.1) is 6.61 Å². The summed E-state index contributed by atoms with van der Waals surface area (Å²) in [5.41, 5.74) is 0.154. The van der Waals surface area contributed by atoms with Crippen LogP contribution in [0.15, 0.2) is 0 Å². The fourth-order valence-corrected chi connectivity index (χ4v) is 1.74. The van der Waals surface area contributed by atoms with Crippen molar-refractivity contribution in [1.82, 2.24) is 4.90 Å². The summed E-state index contributed by atoms with van der Waals surface area (Å²) in [6.07, 6.45) is 1.09. The van der Waals surface area contributed by atoms with Gasteiger partial charge in [0.1, 0.15) is 0 Å². The second kappa shape index (κ2) is 3.73. The Kier molecular flexibility index (Phi) is 3.09. The van der Waals surface area contributed by atoms with Crippen molar-refractivity contribution in [3.8, 4) is 0 Å². The SMILES string of the molecule is CCC(C)(CON)N1CC(C)C1. The first-order valence-corrected chi connectivity index (χ1v) is 4.69. The third kappa shape index (κ3) is 1.79. The van der Waals surface area contributed by atoms with Gasteiger partial charge in [-0.1, -0.05) is 13.8 Å². The van der Waals surface area contributed by atoms with Crippen LogP contribution in [0.3, 0.4) is 0 Å². The average molecular weight is 172 g/mol. The molecule has 3 nitrogen and oxygen atoms in total. The number of hydrogen-bond donors (Lipinski definition) is 1. The summed E-state index contributed by atoms with van der Waals surface area (Å²) in [5.74, 6) is 5.96. The Morgan fingerprint density at radius 1 is 1.58 bits per heavy atom. The summed E-state index contributed by atoms with van der Waals surface area (Å²) < 4.78 is 0. The van der Waals surface area contributed by atoms with E-state index < -0.39 is 0 Å². The lowest BCUT2D eigenvalue weighted by Gasteiger charge is -2.49. The van der Waals surface area contributed by atoms with Crippen molar-refractivity contribution in [2.45, 2.75) is 32.7 Å². The molecule has 1 rings (SSSR count). The van der Waals surface area contributed by atoms with Crippen LogP contribution in [0.25, 0.3) is 0 Å². The molecule has 0 saturated carbocycles. The van der Waals surface area contributed by atoms with Crippen molar-refractivity contribution in [1.29, 1.82) is 0 Å². The van der Waals surface area contributed by atoms with Gasteiger partial charge in [-0.25, -0.2) is 5.90 Å². The molecule has 0 aromatic rings. The Morgan fingerprint density at radius 3 is 2.50 bits per heavy atom. The number of nitrogens with zero attached hydrogens (tertiary/aromatic N) is 1. The third-order valence-electron chi connectivity index (χ3n) is 2.98. The van der Waals surface area contributed by atoms with Crippen molar-refractivity contribution in [3.05, 3.63) is 0 Å². The zero-order chi connectivity index (χ0) is 9.19. The van der Waals surface area contributed by atoms with Gasteiger partial charge in [0, 0.05) is 18.6 Å². The zero-order valence-corrected chi connectivity index (χ0v) is 8.34. The highest BCUT2D eigenvalue weighted by Gasteiger charge is 2.37. The second-order valence-corrected chi connectivity index (χ2v) is 4.17. The van der Waals surface area contributed by atoms with Crippen LogP contribution in [0.5, 0.6) is 0 Å².